The quantitative estimate of drug-likeness (QED) is 0.126. The highest BCUT2D eigenvalue weighted by Crippen LogP contribution is 1.99. The van der Waals surface area contributed by atoms with Gasteiger partial charge in [-0.25, -0.2) is 0 Å². The number of aliphatic carboxylic acids is 2. The van der Waals surface area contributed by atoms with Gasteiger partial charge in [-0.2, -0.15) is 11.8 Å². The Labute approximate surface area is 211 Å². The lowest BCUT2D eigenvalue weighted by molar-refractivity contribution is -0.139. The Bertz CT molecular complexity index is 430. The summed E-state index contributed by atoms with van der Waals surface area (Å²) < 4.78 is 42.6. The van der Waals surface area contributed by atoms with Gasteiger partial charge in [-0.1, -0.05) is 0 Å². The summed E-state index contributed by atoms with van der Waals surface area (Å²) in [6.45, 7) is 7.27. The Hall–Kier alpha value is -1.03. The maximum absolute atomic E-state index is 10.3. The molecule has 0 aromatic heterocycles. The first kappa shape index (κ1) is 34.0. The molecular weight excluding hydrogens is 488 g/mol. The van der Waals surface area contributed by atoms with Crippen molar-refractivity contribution in [3.63, 3.8) is 0 Å². The van der Waals surface area contributed by atoms with E-state index in [1.165, 1.54) is 0 Å². The molecule has 35 heavy (non-hydrogen) atoms. The van der Waals surface area contributed by atoms with Crippen molar-refractivity contribution in [2.45, 2.75) is 12.8 Å². The molecule has 12 nitrogen and oxygen atoms in total. The summed E-state index contributed by atoms with van der Waals surface area (Å²) in [5.41, 5.74) is 0. The van der Waals surface area contributed by atoms with E-state index < -0.39 is 11.9 Å². The van der Waals surface area contributed by atoms with Crippen LogP contribution in [0.15, 0.2) is 0 Å². The van der Waals surface area contributed by atoms with Crippen LogP contribution in [-0.2, 0) is 47.5 Å². The highest BCUT2D eigenvalue weighted by molar-refractivity contribution is 7.99. The van der Waals surface area contributed by atoms with Crippen molar-refractivity contribution < 1.29 is 57.7 Å². The van der Waals surface area contributed by atoms with E-state index in [9.17, 15) is 9.59 Å². The molecule has 0 bridgehead atoms. The second kappa shape index (κ2) is 29.2. The minimum absolute atomic E-state index is 0.00187. The van der Waals surface area contributed by atoms with Crippen LogP contribution < -0.4 is 0 Å². The molecule has 0 aromatic carbocycles. The van der Waals surface area contributed by atoms with E-state index in [-0.39, 0.29) is 26.1 Å². The molecule has 0 aliphatic rings. The molecule has 0 unspecified atom stereocenters. The molecule has 0 fully saturated rings. The van der Waals surface area contributed by atoms with Crippen LogP contribution in [0.1, 0.15) is 12.8 Å². The number of hydrogen-bond acceptors (Lipinski definition) is 11. The summed E-state index contributed by atoms with van der Waals surface area (Å²) in [5, 5.41) is 16.9. The molecule has 0 aromatic rings. The molecular formula is C22H42O12S. The van der Waals surface area contributed by atoms with Crippen LogP contribution in [0.25, 0.3) is 0 Å². The molecule has 0 heterocycles. The molecule has 0 amide bonds. The van der Waals surface area contributed by atoms with Gasteiger partial charge < -0.3 is 48.1 Å². The van der Waals surface area contributed by atoms with Crippen LogP contribution in [0.3, 0.4) is 0 Å². The maximum atomic E-state index is 10.3. The summed E-state index contributed by atoms with van der Waals surface area (Å²) in [6.07, 6.45) is 0.00374. The Kier molecular flexibility index (Phi) is 28.3. The zero-order chi connectivity index (χ0) is 25.7. The summed E-state index contributed by atoms with van der Waals surface area (Å²) in [5.74, 6) is 0.0386. The summed E-state index contributed by atoms with van der Waals surface area (Å²) in [6, 6.07) is 0. The summed E-state index contributed by atoms with van der Waals surface area (Å²) in [4.78, 5) is 20.6. The first-order valence-electron chi connectivity index (χ1n) is 11.8. The minimum Gasteiger partial charge on any atom is -0.481 e. The molecule has 0 saturated carbocycles. The zero-order valence-electron chi connectivity index (χ0n) is 20.5. The smallest absolute Gasteiger partial charge is 0.305 e. The average molecular weight is 531 g/mol. The number of carbonyl (C=O) groups is 2. The molecule has 0 saturated heterocycles. The molecule has 13 heteroatoms. The Morgan fingerprint density at radius 1 is 0.400 bits per heavy atom. The third-order valence-corrected chi connectivity index (χ3v) is 4.81. The summed E-state index contributed by atoms with van der Waals surface area (Å²) in [7, 11) is 0. The van der Waals surface area contributed by atoms with Crippen molar-refractivity contribution in [3.8, 4) is 0 Å². The minimum atomic E-state index is -0.872. The van der Waals surface area contributed by atoms with Crippen molar-refractivity contribution in [2.24, 2.45) is 0 Å². The largest absolute Gasteiger partial charge is 0.481 e. The Balaban J connectivity index is 3.03. The van der Waals surface area contributed by atoms with Crippen molar-refractivity contribution in [1.82, 2.24) is 0 Å². The van der Waals surface area contributed by atoms with Gasteiger partial charge in [-0.05, 0) is 0 Å². The highest BCUT2D eigenvalue weighted by atomic mass is 32.2. The van der Waals surface area contributed by atoms with Crippen molar-refractivity contribution >= 4 is 23.7 Å². The van der Waals surface area contributed by atoms with Crippen LogP contribution >= 0.6 is 11.8 Å². The second-order valence-corrected chi connectivity index (χ2v) is 8.02. The SMILES string of the molecule is O=C(O)CCOCCOCCOCCOCCSCCOCCOCCOCCOCCC(=O)O. The fourth-order valence-corrected chi connectivity index (χ4v) is 2.86. The van der Waals surface area contributed by atoms with Crippen LogP contribution in [0, 0.1) is 0 Å². The number of hydrogen-bond donors (Lipinski definition) is 2. The highest BCUT2D eigenvalue weighted by Gasteiger charge is 1.98. The second-order valence-electron chi connectivity index (χ2n) is 6.80. The first-order valence-corrected chi connectivity index (χ1v) is 12.9. The third-order valence-electron chi connectivity index (χ3n) is 3.90. The number of ether oxygens (including phenoxy) is 8. The topological polar surface area (TPSA) is 148 Å². The number of thioether (sulfide) groups is 1. The van der Waals surface area contributed by atoms with Crippen LogP contribution in [0.5, 0.6) is 0 Å². The number of rotatable bonds is 30. The van der Waals surface area contributed by atoms with Gasteiger partial charge in [0.05, 0.1) is 119 Å². The fraction of sp³-hybridized carbons (Fsp3) is 0.909. The van der Waals surface area contributed by atoms with Gasteiger partial charge in [-0.15, -0.1) is 0 Å². The molecule has 0 rings (SSSR count). The van der Waals surface area contributed by atoms with E-state index in [1.54, 1.807) is 11.8 Å². The number of carboxylic acid groups (broad SMARTS) is 2. The third kappa shape index (κ3) is 33.0. The van der Waals surface area contributed by atoms with Gasteiger partial charge in [0, 0.05) is 11.5 Å². The lowest BCUT2D eigenvalue weighted by Gasteiger charge is -2.08. The van der Waals surface area contributed by atoms with E-state index in [0.717, 1.165) is 11.5 Å². The normalized spacial score (nSPS) is 11.2. The van der Waals surface area contributed by atoms with Gasteiger partial charge in [0.15, 0.2) is 0 Å². The molecule has 0 spiro atoms. The molecule has 0 radical (unpaired) electrons. The van der Waals surface area contributed by atoms with Gasteiger partial charge in [0.25, 0.3) is 0 Å². The summed E-state index contributed by atoms with van der Waals surface area (Å²) >= 11 is 1.76. The zero-order valence-corrected chi connectivity index (χ0v) is 21.3. The van der Waals surface area contributed by atoms with Gasteiger partial charge in [0.1, 0.15) is 0 Å². The van der Waals surface area contributed by atoms with Gasteiger partial charge in [0.2, 0.25) is 0 Å². The molecule has 208 valence electrons. The molecule has 2 N–H and O–H groups in total. The standard InChI is InChI=1S/C22H42O12S/c23-21(24)1-3-27-5-7-29-9-11-31-13-15-33-17-19-35-20-18-34-16-14-32-12-10-30-8-6-28-4-2-22(25)26/h1-20H2,(H,23,24)(H,25,26). The Morgan fingerprint density at radius 3 is 0.886 bits per heavy atom. The monoisotopic (exact) mass is 530 g/mol. The van der Waals surface area contributed by atoms with E-state index in [4.69, 9.17) is 48.1 Å². The predicted octanol–water partition coefficient (Wildman–Crippen LogP) is 0.802. The van der Waals surface area contributed by atoms with Crippen molar-refractivity contribution in [2.75, 3.05) is 117 Å². The number of carboxylic acids is 2. The van der Waals surface area contributed by atoms with E-state index >= 15 is 0 Å². The van der Waals surface area contributed by atoms with Gasteiger partial charge in [-0.3, -0.25) is 9.59 Å². The van der Waals surface area contributed by atoms with E-state index in [1.807, 2.05) is 0 Å². The molecule has 0 aliphatic heterocycles. The van der Waals surface area contributed by atoms with Crippen LogP contribution in [0.2, 0.25) is 0 Å². The molecule has 0 aliphatic carbocycles. The lowest BCUT2D eigenvalue weighted by atomic mass is 10.5. The van der Waals surface area contributed by atoms with E-state index in [0.29, 0.717) is 92.5 Å². The van der Waals surface area contributed by atoms with Crippen LogP contribution in [0.4, 0.5) is 0 Å². The van der Waals surface area contributed by atoms with Crippen molar-refractivity contribution in [3.05, 3.63) is 0 Å². The van der Waals surface area contributed by atoms with Crippen molar-refractivity contribution in [1.29, 1.82) is 0 Å². The molecule has 0 atom stereocenters. The average Bonchev–Trinajstić information content (AvgIpc) is 2.82. The van der Waals surface area contributed by atoms with Crippen LogP contribution in [-0.4, -0.2) is 139 Å². The van der Waals surface area contributed by atoms with E-state index in [2.05, 4.69) is 0 Å². The predicted molar refractivity (Wildman–Crippen MR) is 128 cm³/mol. The lowest BCUT2D eigenvalue weighted by Crippen LogP contribution is -2.13. The Morgan fingerprint density at radius 2 is 0.629 bits per heavy atom. The fourth-order valence-electron chi connectivity index (χ4n) is 2.18. The maximum Gasteiger partial charge on any atom is 0.305 e. The van der Waals surface area contributed by atoms with Gasteiger partial charge >= 0.3 is 11.9 Å². The first-order chi connectivity index (χ1) is 17.1.